The van der Waals surface area contributed by atoms with Crippen molar-refractivity contribution >= 4 is 0 Å². The van der Waals surface area contributed by atoms with Crippen LogP contribution in [0.3, 0.4) is 0 Å². The Labute approximate surface area is 198 Å². The molecule has 0 aliphatic rings. The number of hydrogen-bond acceptors (Lipinski definition) is 2. The van der Waals surface area contributed by atoms with Gasteiger partial charge in [-0.2, -0.15) is 12.1 Å². The van der Waals surface area contributed by atoms with Gasteiger partial charge < -0.3 is 39.6 Å². The van der Waals surface area contributed by atoms with Gasteiger partial charge in [0.15, 0.2) is 0 Å². The molecule has 0 aliphatic carbocycles. The van der Waals surface area contributed by atoms with Crippen LogP contribution in [0.25, 0.3) is 0 Å². The molecule has 0 aliphatic heterocycles. The summed E-state index contributed by atoms with van der Waals surface area (Å²) in [6.45, 7) is 0. The Kier molecular flexibility index (Phi) is 9.97. The molecule has 4 aromatic carbocycles. The third-order valence-electron chi connectivity index (χ3n) is 5.27. The second-order valence-electron chi connectivity index (χ2n) is 7.99. The molecule has 168 valence electrons. The van der Waals surface area contributed by atoms with E-state index in [0.29, 0.717) is 12.1 Å². The minimum Gasteiger partial charge on any atom is -0.747 e. The Bertz CT molecular complexity index is 861. The quantitative estimate of drug-likeness (QED) is 0.257. The standard InChI is InChI=1S/2C14H16N.Fe/c2*1-15(2)14(13-10-6-7-11-13)12-8-4-3-5-9-12;/h2*3-11,14H,1-2H3;/q-5;-1;/t2*14-;/m11./s1. The minimum absolute atomic E-state index is 0. The minimum atomic E-state index is 0. The smallest absolute Gasteiger partial charge is 0.0144 e. The topological polar surface area (TPSA) is 6.48 Å². The zero-order valence-electron chi connectivity index (χ0n) is 18.8. The van der Waals surface area contributed by atoms with Crippen LogP contribution in [-0.4, -0.2) is 38.0 Å². The fourth-order valence-electron chi connectivity index (χ4n) is 3.99. The molecule has 0 radical (unpaired) electrons. The molecule has 0 saturated heterocycles. The zero-order chi connectivity index (χ0) is 21.3. The summed E-state index contributed by atoms with van der Waals surface area (Å²) in [5.41, 5.74) is 5.39. The molecular weight excluding hydrogens is 420 g/mol. The van der Waals surface area contributed by atoms with E-state index < -0.39 is 0 Å². The summed E-state index contributed by atoms with van der Waals surface area (Å²) in [5, 5.41) is 0. The summed E-state index contributed by atoms with van der Waals surface area (Å²) in [4.78, 5) is 4.48. The van der Waals surface area contributed by atoms with Crippen molar-refractivity contribution in [2.75, 3.05) is 28.2 Å². The van der Waals surface area contributed by atoms with Crippen molar-refractivity contribution < 1.29 is 17.1 Å². The van der Waals surface area contributed by atoms with Crippen molar-refractivity contribution in [1.29, 1.82) is 0 Å². The summed E-state index contributed by atoms with van der Waals surface area (Å²) >= 11 is 0. The molecule has 0 heterocycles. The van der Waals surface area contributed by atoms with Crippen LogP contribution in [0.15, 0.2) is 109 Å². The molecule has 0 amide bonds. The Balaban J connectivity index is 0.000000213. The van der Waals surface area contributed by atoms with Gasteiger partial charge in [-0.15, -0.1) is 11.6 Å². The first kappa shape index (κ1) is 24.8. The van der Waals surface area contributed by atoms with Gasteiger partial charge in [0.2, 0.25) is 0 Å². The van der Waals surface area contributed by atoms with E-state index in [4.69, 9.17) is 0 Å². The third-order valence-corrected chi connectivity index (χ3v) is 5.27. The van der Waals surface area contributed by atoms with E-state index in [1.165, 1.54) is 22.3 Å². The molecule has 0 unspecified atom stereocenters. The van der Waals surface area contributed by atoms with Crippen molar-refractivity contribution in [3.63, 3.8) is 0 Å². The SMILES string of the molecule is CN(C)[C@H](c1ccccc1)[c-]1[cH-][cH-][cH-][cH-]1.CN(C)[C@H](c1ccccc1)[c-]1cccc1.[Fe]. The van der Waals surface area contributed by atoms with Gasteiger partial charge in [-0.3, -0.25) is 0 Å². The van der Waals surface area contributed by atoms with Gasteiger partial charge in [-0.05, 0) is 33.8 Å². The molecule has 31 heavy (non-hydrogen) atoms. The van der Waals surface area contributed by atoms with E-state index in [1.807, 2.05) is 0 Å². The van der Waals surface area contributed by atoms with Crippen molar-refractivity contribution in [3.8, 4) is 0 Å². The second kappa shape index (κ2) is 12.4. The molecule has 4 rings (SSSR count). The molecule has 0 spiro atoms. The molecule has 4 aromatic rings. The Morgan fingerprint density at radius 3 is 1.45 bits per heavy atom. The average Bonchev–Trinajstić information content (AvgIpc) is 3.45. The monoisotopic (exact) mass is 452 g/mol. The summed E-state index contributed by atoms with van der Waals surface area (Å²) in [7, 11) is 8.46. The molecule has 0 aromatic heterocycles. The van der Waals surface area contributed by atoms with Crippen LogP contribution in [0, 0.1) is 0 Å². The second-order valence-corrected chi connectivity index (χ2v) is 7.99. The van der Waals surface area contributed by atoms with E-state index in [2.05, 4.69) is 147 Å². The Hall–Kier alpha value is -2.42. The van der Waals surface area contributed by atoms with Crippen LogP contribution in [0.4, 0.5) is 0 Å². The summed E-state index contributed by atoms with van der Waals surface area (Å²) in [6.07, 6.45) is 0. The van der Waals surface area contributed by atoms with Crippen molar-refractivity contribution in [3.05, 3.63) is 131 Å². The van der Waals surface area contributed by atoms with Crippen LogP contribution in [0.2, 0.25) is 0 Å². The van der Waals surface area contributed by atoms with Gasteiger partial charge in [0.1, 0.15) is 0 Å². The largest absolute Gasteiger partial charge is 0.747 e. The number of hydrogen-bond donors (Lipinski definition) is 0. The van der Waals surface area contributed by atoms with Crippen LogP contribution in [-0.2, 0) is 17.1 Å². The van der Waals surface area contributed by atoms with E-state index in [9.17, 15) is 0 Å². The van der Waals surface area contributed by atoms with Gasteiger partial charge in [-0.1, -0.05) is 66.2 Å². The van der Waals surface area contributed by atoms with Crippen molar-refractivity contribution in [2.45, 2.75) is 12.1 Å². The van der Waals surface area contributed by atoms with Gasteiger partial charge >= 0.3 is 0 Å². The number of nitrogens with zero attached hydrogens (tertiary/aromatic N) is 2. The van der Waals surface area contributed by atoms with Gasteiger partial charge in [0.05, 0.1) is 0 Å². The predicted octanol–water partition coefficient (Wildman–Crippen LogP) is 6.11. The fraction of sp³-hybridized carbons (Fsp3) is 0.214. The van der Waals surface area contributed by atoms with E-state index in [1.54, 1.807) is 0 Å². The van der Waals surface area contributed by atoms with Crippen LogP contribution < -0.4 is 0 Å². The maximum atomic E-state index is 2.24. The van der Waals surface area contributed by atoms with Crippen molar-refractivity contribution in [2.24, 2.45) is 0 Å². The first-order valence-electron chi connectivity index (χ1n) is 10.4. The maximum Gasteiger partial charge on any atom is 0.0144 e. The zero-order valence-corrected chi connectivity index (χ0v) is 19.9. The molecule has 0 saturated carbocycles. The summed E-state index contributed by atoms with van der Waals surface area (Å²) in [5.74, 6) is 0. The number of benzene rings is 2. The molecule has 3 heteroatoms. The van der Waals surface area contributed by atoms with Gasteiger partial charge in [0.25, 0.3) is 0 Å². The first-order chi connectivity index (χ1) is 14.6. The normalized spacial score (nSPS) is 12.6. The van der Waals surface area contributed by atoms with E-state index in [0.717, 1.165) is 0 Å². The van der Waals surface area contributed by atoms with Crippen molar-refractivity contribution in [1.82, 2.24) is 9.80 Å². The number of rotatable bonds is 6. The molecule has 0 fully saturated rings. The Morgan fingerprint density at radius 1 is 0.613 bits per heavy atom. The van der Waals surface area contributed by atoms with Crippen LogP contribution >= 0.6 is 0 Å². The first-order valence-corrected chi connectivity index (χ1v) is 10.4. The molecule has 0 bridgehead atoms. The molecule has 2 atom stereocenters. The predicted molar refractivity (Wildman–Crippen MR) is 128 cm³/mol. The van der Waals surface area contributed by atoms with Gasteiger partial charge in [0, 0.05) is 23.1 Å². The van der Waals surface area contributed by atoms with Crippen LogP contribution in [0.1, 0.15) is 34.3 Å². The average molecular weight is 452 g/mol. The molecule has 0 N–H and O–H groups in total. The van der Waals surface area contributed by atoms with Crippen LogP contribution in [0.5, 0.6) is 0 Å². The fourth-order valence-corrected chi connectivity index (χ4v) is 3.99. The van der Waals surface area contributed by atoms with E-state index in [-0.39, 0.29) is 17.1 Å². The molecular formula is C28H32FeN2-6. The third kappa shape index (κ3) is 6.78. The summed E-state index contributed by atoms with van der Waals surface area (Å²) < 4.78 is 0. The Morgan fingerprint density at radius 2 is 1.03 bits per heavy atom. The summed E-state index contributed by atoms with van der Waals surface area (Å²) in [6, 6.07) is 39.0. The maximum absolute atomic E-state index is 2.24. The van der Waals surface area contributed by atoms with E-state index >= 15 is 0 Å². The molecule has 2 nitrogen and oxygen atoms in total. The van der Waals surface area contributed by atoms with Gasteiger partial charge in [-0.25, -0.2) is 12.1 Å².